The summed E-state index contributed by atoms with van der Waals surface area (Å²) in [4.78, 5) is 22.2. The topological polar surface area (TPSA) is 84.2 Å². The van der Waals surface area contributed by atoms with Gasteiger partial charge in [-0.15, -0.1) is 0 Å². The van der Waals surface area contributed by atoms with Crippen LogP contribution in [0.5, 0.6) is 0 Å². The second-order valence-corrected chi connectivity index (χ2v) is 4.06. The molecule has 0 heterocycles. The number of nitrogens with two attached hydrogens (primary N) is 1. The lowest BCUT2D eigenvalue weighted by molar-refractivity contribution is -0.125. The largest absolute Gasteiger partial charge is 0.352 e. The zero-order valence-electron chi connectivity index (χ0n) is 9.08. The lowest BCUT2D eigenvalue weighted by Crippen LogP contribution is -2.44. The van der Waals surface area contributed by atoms with Gasteiger partial charge < -0.3 is 16.4 Å². The molecule has 0 aromatic heterocycles. The molecule has 5 heteroatoms. The molecule has 1 aliphatic rings. The van der Waals surface area contributed by atoms with Crippen LogP contribution in [0.2, 0.25) is 0 Å². The second kappa shape index (κ2) is 5.70. The third-order valence-electron chi connectivity index (χ3n) is 2.84. The first-order chi connectivity index (χ1) is 7.13. The molecule has 0 spiro atoms. The van der Waals surface area contributed by atoms with Crippen LogP contribution in [-0.2, 0) is 9.59 Å². The lowest BCUT2D eigenvalue weighted by atomic mass is 10.1. The van der Waals surface area contributed by atoms with Gasteiger partial charge in [-0.25, -0.2) is 0 Å². The van der Waals surface area contributed by atoms with E-state index < -0.39 is 0 Å². The van der Waals surface area contributed by atoms with Crippen molar-refractivity contribution in [2.24, 2.45) is 11.7 Å². The monoisotopic (exact) mass is 213 g/mol. The molecule has 4 N–H and O–H groups in total. The Morgan fingerprint density at radius 3 is 2.60 bits per heavy atom. The fourth-order valence-corrected chi connectivity index (χ4v) is 1.87. The van der Waals surface area contributed by atoms with E-state index in [0.717, 1.165) is 6.42 Å². The van der Waals surface area contributed by atoms with Crippen molar-refractivity contribution in [3.63, 3.8) is 0 Å². The summed E-state index contributed by atoms with van der Waals surface area (Å²) < 4.78 is 0. The summed E-state index contributed by atoms with van der Waals surface area (Å²) in [5.74, 6) is 0.110. The van der Waals surface area contributed by atoms with E-state index in [1.807, 2.05) is 0 Å². The Labute approximate surface area is 89.8 Å². The first-order valence-corrected chi connectivity index (χ1v) is 5.39. The molecule has 2 amide bonds. The van der Waals surface area contributed by atoms with Crippen molar-refractivity contribution in [1.29, 1.82) is 0 Å². The van der Waals surface area contributed by atoms with Crippen LogP contribution < -0.4 is 16.4 Å². The Kier molecular flexibility index (Phi) is 4.55. The van der Waals surface area contributed by atoms with Gasteiger partial charge in [-0.3, -0.25) is 9.59 Å². The van der Waals surface area contributed by atoms with Crippen molar-refractivity contribution in [3.8, 4) is 0 Å². The van der Waals surface area contributed by atoms with Crippen LogP contribution in [0.15, 0.2) is 0 Å². The SMILES string of the molecule is CC1CCCC1NC(=O)CNC(=O)CN. The predicted octanol–water partition coefficient (Wildman–Crippen LogP) is -0.634. The molecule has 1 fully saturated rings. The van der Waals surface area contributed by atoms with E-state index in [4.69, 9.17) is 5.73 Å². The maximum absolute atomic E-state index is 11.4. The van der Waals surface area contributed by atoms with Crippen molar-refractivity contribution < 1.29 is 9.59 Å². The number of hydrogen-bond acceptors (Lipinski definition) is 3. The van der Waals surface area contributed by atoms with Crippen LogP contribution in [0.25, 0.3) is 0 Å². The minimum Gasteiger partial charge on any atom is -0.352 e. The van der Waals surface area contributed by atoms with Gasteiger partial charge in [0.15, 0.2) is 0 Å². The summed E-state index contributed by atoms with van der Waals surface area (Å²) >= 11 is 0. The summed E-state index contributed by atoms with van der Waals surface area (Å²) in [6, 6.07) is 0.271. The Hall–Kier alpha value is -1.10. The van der Waals surface area contributed by atoms with Crippen molar-refractivity contribution in [2.75, 3.05) is 13.1 Å². The van der Waals surface area contributed by atoms with Crippen molar-refractivity contribution >= 4 is 11.8 Å². The molecular weight excluding hydrogens is 194 g/mol. The van der Waals surface area contributed by atoms with Gasteiger partial charge in [0.1, 0.15) is 0 Å². The van der Waals surface area contributed by atoms with Crippen LogP contribution in [0.1, 0.15) is 26.2 Å². The maximum Gasteiger partial charge on any atom is 0.239 e. The van der Waals surface area contributed by atoms with Gasteiger partial charge in [0.05, 0.1) is 13.1 Å². The van der Waals surface area contributed by atoms with Gasteiger partial charge in [-0.05, 0) is 18.8 Å². The van der Waals surface area contributed by atoms with E-state index in [1.54, 1.807) is 0 Å². The molecule has 1 aliphatic carbocycles. The highest BCUT2D eigenvalue weighted by Gasteiger charge is 2.24. The maximum atomic E-state index is 11.4. The van der Waals surface area contributed by atoms with E-state index in [1.165, 1.54) is 12.8 Å². The molecule has 0 aromatic carbocycles. The minimum absolute atomic E-state index is 0.0270. The number of rotatable bonds is 4. The Balaban J connectivity index is 2.21. The Morgan fingerprint density at radius 2 is 2.07 bits per heavy atom. The van der Waals surface area contributed by atoms with Crippen molar-refractivity contribution in [3.05, 3.63) is 0 Å². The fraction of sp³-hybridized carbons (Fsp3) is 0.800. The van der Waals surface area contributed by atoms with Gasteiger partial charge in [-0.2, -0.15) is 0 Å². The van der Waals surface area contributed by atoms with E-state index in [-0.39, 0.29) is 30.9 Å². The summed E-state index contributed by atoms with van der Waals surface area (Å²) in [5, 5.41) is 5.36. The summed E-state index contributed by atoms with van der Waals surface area (Å²) in [6.45, 7) is 2.09. The molecule has 86 valence electrons. The molecule has 0 bridgehead atoms. The standard InChI is InChI=1S/C10H19N3O2/c1-7-3-2-4-8(7)13-10(15)6-12-9(14)5-11/h7-8H,2-6,11H2,1H3,(H,12,14)(H,13,15). The van der Waals surface area contributed by atoms with E-state index in [0.29, 0.717) is 5.92 Å². The highest BCUT2D eigenvalue weighted by atomic mass is 16.2. The molecule has 15 heavy (non-hydrogen) atoms. The molecule has 2 unspecified atom stereocenters. The van der Waals surface area contributed by atoms with Crippen LogP contribution in [0.4, 0.5) is 0 Å². The third kappa shape index (κ3) is 3.87. The number of carbonyl (C=O) groups excluding carboxylic acids is 2. The number of nitrogens with one attached hydrogen (secondary N) is 2. The van der Waals surface area contributed by atoms with E-state index >= 15 is 0 Å². The molecule has 0 aromatic rings. The molecule has 0 radical (unpaired) electrons. The Bertz CT molecular complexity index is 243. The van der Waals surface area contributed by atoms with E-state index in [2.05, 4.69) is 17.6 Å². The molecule has 2 atom stereocenters. The quantitative estimate of drug-likeness (QED) is 0.581. The molecule has 1 saturated carbocycles. The van der Waals surface area contributed by atoms with Gasteiger partial charge in [0.25, 0.3) is 0 Å². The van der Waals surface area contributed by atoms with Crippen LogP contribution in [0.3, 0.4) is 0 Å². The molecule has 5 nitrogen and oxygen atoms in total. The first-order valence-electron chi connectivity index (χ1n) is 5.39. The fourth-order valence-electron chi connectivity index (χ4n) is 1.87. The summed E-state index contributed by atoms with van der Waals surface area (Å²) in [7, 11) is 0. The second-order valence-electron chi connectivity index (χ2n) is 4.06. The highest BCUT2D eigenvalue weighted by Crippen LogP contribution is 2.24. The molecule has 0 aliphatic heterocycles. The Morgan fingerprint density at radius 1 is 1.33 bits per heavy atom. The number of carbonyl (C=O) groups is 2. The third-order valence-corrected chi connectivity index (χ3v) is 2.84. The van der Waals surface area contributed by atoms with Gasteiger partial charge in [0.2, 0.25) is 11.8 Å². The lowest BCUT2D eigenvalue weighted by Gasteiger charge is -2.17. The normalized spacial score (nSPS) is 24.9. The predicted molar refractivity (Wildman–Crippen MR) is 57.0 cm³/mol. The average molecular weight is 213 g/mol. The summed E-state index contributed by atoms with van der Waals surface area (Å²) in [6.07, 6.45) is 3.37. The zero-order chi connectivity index (χ0) is 11.3. The van der Waals surface area contributed by atoms with Crippen LogP contribution in [-0.4, -0.2) is 30.9 Å². The highest BCUT2D eigenvalue weighted by molar-refractivity contribution is 5.85. The molecular formula is C10H19N3O2. The van der Waals surface area contributed by atoms with Crippen molar-refractivity contribution in [2.45, 2.75) is 32.2 Å². The number of amides is 2. The van der Waals surface area contributed by atoms with Crippen LogP contribution >= 0.6 is 0 Å². The van der Waals surface area contributed by atoms with Gasteiger partial charge in [0, 0.05) is 6.04 Å². The smallest absolute Gasteiger partial charge is 0.239 e. The molecule has 1 rings (SSSR count). The van der Waals surface area contributed by atoms with Gasteiger partial charge >= 0.3 is 0 Å². The molecule has 0 saturated heterocycles. The van der Waals surface area contributed by atoms with E-state index in [9.17, 15) is 9.59 Å². The first kappa shape index (κ1) is 12.0. The van der Waals surface area contributed by atoms with Gasteiger partial charge in [-0.1, -0.05) is 13.3 Å². The summed E-state index contributed by atoms with van der Waals surface area (Å²) in [5.41, 5.74) is 5.10. The minimum atomic E-state index is -0.301. The van der Waals surface area contributed by atoms with Crippen molar-refractivity contribution in [1.82, 2.24) is 10.6 Å². The zero-order valence-corrected chi connectivity index (χ0v) is 9.08. The van der Waals surface area contributed by atoms with Crippen LogP contribution in [0, 0.1) is 5.92 Å². The number of hydrogen-bond donors (Lipinski definition) is 3. The average Bonchev–Trinajstić information content (AvgIpc) is 2.61.